The van der Waals surface area contributed by atoms with Crippen molar-refractivity contribution in [2.24, 2.45) is 0 Å². The van der Waals surface area contributed by atoms with Gasteiger partial charge in [0.2, 0.25) is 0 Å². The van der Waals surface area contributed by atoms with Crippen molar-refractivity contribution >= 4 is 0 Å². The van der Waals surface area contributed by atoms with Crippen LogP contribution in [0.25, 0.3) is 0 Å². The van der Waals surface area contributed by atoms with E-state index in [9.17, 15) is 0 Å². The first kappa shape index (κ1) is 13.8. The summed E-state index contributed by atoms with van der Waals surface area (Å²) in [5.41, 5.74) is 1.31. The van der Waals surface area contributed by atoms with Crippen molar-refractivity contribution < 1.29 is 4.74 Å². The van der Waals surface area contributed by atoms with Crippen molar-refractivity contribution in [2.75, 3.05) is 13.7 Å². The van der Waals surface area contributed by atoms with Gasteiger partial charge in [-0.2, -0.15) is 0 Å². The van der Waals surface area contributed by atoms with E-state index in [1.54, 1.807) is 7.11 Å². The summed E-state index contributed by atoms with van der Waals surface area (Å²) in [5, 5.41) is 0. The zero-order valence-corrected chi connectivity index (χ0v) is 11.1. The van der Waals surface area contributed by atoms with Crippen molar-refractivity contribution in [2.45, 2.75) is 32.9 Å². The summed E-state index contributed by atoms with van der Waals surface area (Å²) in [7, 11) is 1.69. The number of benzene rings is 1. The average molecular weight is 233 g/mol. The lowest BCUT2D eigenvalue weighted by atomic mass is 10.1. The van der Waals surface area contributed by atoms with E-state index < -0.39 is 0 Å². The molecule has 2 nitrogen and oxygen atoms in total. The molecule has 1 rings (SSSR count). The molecule has 0 aliphatic carbocycles. The normalized spacial score (nSPS) is 12.5. The highest BCUT2D eigenvalue weighted by Gasteiger charge is 2.10. The molecule has 0 saturated heterocycles. The molecule has 0 spiro atoms. The average Bonchev–Trinajstić information content (AvgIpc) is 2.38. The fourth-order valence-electron chi connectivity index (χ4n) is 1.79. The molecule has 0 heterocycles. The molecule has 2 heteroatoms. The summed E-state index contributed by atoms with van der Waals surface area (Å²) in [6.07, 6.45) is 3.12. The Morgan fingerprint density at radius 2 is 2.00 bits per heavy atom. The van der Waals surface area contributed by atoms with E-state index in [-0.39, 0.29) is 0 Å². The molecule has 1 aromatic carbocycles. The third kappa shape index (κ3) is 4.23. The minimum absolute atomic E-state index is 0.579. The topological polar surface area (TPSA) is 12.5 Å². The van der Waals surface area contributed by atoms with Gasteiger partial charge in [-0.25, -0.2) is 0 Å². The Morgan fingerprint density at radius 3 is 2.47 bits per heavy atom. The maximum Gasteiger partial charge on any atom is 0.118 e. The van der Waals surface area contributed by atoms with Gasteiger partial charge >= 0.3 is 0 Å². The molecule has 0 aliphatic rings. The summed E-state index contributed by atoms with van der Waals surface area (Å²) in [4.78, 5) is 2.43. The maximum absolute atomic E-state index is 5.16. The molecule has 0 saturated carbocycles. The van der Waals surface area contributed by atoms with Gasteiger partial charge in [-0.15, -0.1) is 6.58 Å². The molecule has 94 valence electrons. The molecular weight excluding hydrogens is 210 g/mol. The lowest BCUT2D eigenvalue weighted by Gasteiger charge is -2.27. The standard InChI is InChI=1S/C15H23NO/c1-5-11-16(13(3)6-2)12-14-7-9-15(17-4)10-8-14/h5,7-10,13H,1,6,11-12H2,2-4H3. The van der Waals surface area contributed by atoms with Crippen LogP contribution in [-0.2, 0) is 6.54 Å². The van der Waals surface area contributed by atoms with Gasteiger partial charge in [-0.1, -0.05) is 25.1 Å². The van der Waals surface area contributed by atoms with Crippen LogP contribution in [0, 0.1) is 0 Å². The van der Waals surface area contributed by atoms with Crippen LogP contribution in [0.5, 0.6) is 5.75 Å². The Hall–Kier alpha value is -1.28. The molecule has 0 N–H and O–H groups in total. The molecule has 17 heavy (non-hydrogen) atoms. The number of rotatable bonds is 7. The third-order valence-electron chi connectivity index (χ3n) is 3.12. The van der Waals surface area contributed by atoms with Gasteiger partial charge in [0.25, 0.3) is 0 Å². The number of hydrogen-bond acceptors (Lipinski definition) is 2. The Kier molecular flexibility index (Phi) is 5.78. The highest BCUT2D eigenvalue weighted by molar-refractivity contribution is 5.27. The zero-order valence-electron chi connectivity index (χ0n) is 11.1. The van der Waals surface area contributed by atoms with E-state index in [4.69, 9.17) is 4.74 Å². The highest BCUT2D eigenvalue weighted by Crippen LogP contribution is 2.15. The molecular formula is C15H23NO. The van der Waals surface area contributed by atoms with Gasteiger partial charge in [-0.3, -0.25) is 4.90 Å². The Morgan fingerprint density at radius 1 is 1.35 bits per heavy atom. The number of ether oxygens (including phenoxy) is 1. The molecule has 1 atom stereocenters. The largest absolute Gasteiger partial charge is 0.497 e. The molecule has 0 fully saturated rings. The van der Waals surface area contributed by atoms with Gasteiger partial charge in [0.15, 0.2) is 0 Å². The third-order valence-corrected chi connectivity index (χ3v) is 3.12. The second-order valence-corrected chi connectivity index (χ2v) is 4.32. The van der Waals surface area contributed by atoms with Crippen LogP contribution in [0.4, 0.5) is 0 Å². The Labute approximate surface area is 105 Å². The maximum atomic E-state index is 5.16. The van der Waals surface area contributed by atoms with Crippen molar-refractivity contribution in [3.8, 4) is 5.75 Å². The molecule has 1 aromatic rings. The quantitative estimate of drug-likeness (QED) is 0.668. The van der Waals surface area contributed by atoms with Gasteiger partial charge in [0.1, 0.15) is 5.75 Å². The SMILES string of the molecule is C=CCN(Cc1ccc(OC)cc1)C(C)CC. The minimum Gasteiger partial charge on any atom is -0.497 e. The first-order valence-electron chi connectivity index (χ1n) is 6.19. The zero-order chi connectivity index (χ0) is 12.7. The number of methoxy groups -OCH3 is 1. The summed E-state index contributed by atoms with van der Waals surface area (Å²) >= 11 is 0. The van der Waals surface area contributed by atoms with E-state index in [0.717, 1.165) is 25.3 Å². The lowest BCUT2D eigenvalue weighted by molar-refractivity contribution is 0.217. The fourth-order valence-corrected chi connectivity index (χ4v) is 1.79. The fraction of sp³-hybridized carbons (Fsp3) is 0.467. The van der Waals surface area contributed by atoms with Crippen LogP contribution in [0.3, 0.4) is 0 Å². The van der Waals surface area contributed by atoms with E-state index in [1.165, 1.54) is 5.56 Å². The first-order chi connectivity index (χ1) is 8.21. The second kappa shape index (κ2) is 7.13. The summed E-state index contributed by atoms with van der Waals surface area (Å²) < 4.78 is 5.16. The monoisotopic (exact) mass is 233 g/mol. The summed E-state index contributed by atoms with van der Waals surface area (Å²) in [6, 6.07) is 8.85. The van der Waals surface area contributed by atoms with Crippen LogP contribution in [0.15, 0.2) is 36.9 Å². The Balaban J connectivity index is 2.67. The van der Waals surface area contributed by atoms with Crippen LogP contribution < -0.4 is 4.74 Å². The van der Waals surface area contributed by atoms with Crippen LogP contribution >= 0.6 is 0 Å². The van der Waals surface area contributed by atoms with E-state index >= 15 is 0 Å². The summed E-state index contributed by atoms with van der Waals surface area (Å²) in [5.74, 6) is 0.910. The van der Waals surface area contributed by atoms with Crippen LogP contribution in [0.2, 0.25) is 0 Å². The van der Waals surface area contributed by atoms with E-state index in [0.29, 0.717) is 6.04 Å². The van der Waals surface area contributed by atoms with Crippen molar-refractivity contribution in [3.05, 3.63) is 42.5 Å². The Bertz CT molecular complexity index is 331. The highest BCUT2D eigenvalue weighted by atomic mass is 16.5. The first-order valence-corrected chi connectivity index (χ1v) is 6.19. The van der Waals surface area contributed by atoms with Gasteiger partial charge < -0.3 is 4.74 Å². The minimum atomic E-state index is 0.579. The van der Waals surface area contributed by atoms with Crippen LogP contribution in [-0.4, -0.2) is 24.6 Å². The molecule has 0 amide bonds. The molecule has 0 radical (unpaired) electrons. The van der Waals surface area contributed by atoms with Gasteiger partial charge in [0, 0.05) is 19.1 Å². The van der Waals surface area contributed by atoms with Crippen molar-refractivity contribution in [3.63, 3.8) is 0 Å². The van der Waals surface area contributed by atoms with Gasteiger partial charge in [-0.05, 0) is 31.0 Å². The smallest absolute Gasteiger partial charge is 0.118 e. The molecule has 0 aromatic heterocycles. The van der Waals surface area contributed by atoms with Crippen LogP contribution in [0.1, 0.15) is 25.8 Å². The predicted octanol–water partition coefficient (Wildman–Crippen LogP) is 3.48. The number of nitrogens with zero attached hydrogens (tertiary/aromatic N) is 1. The molecule has 1 unspecified atom stereocenters. The second-order valence-electron chi connectivity index (χ2n) is 4.32. The van der Waals surface area contributed by atoms with E-state index in [2.05, 4.69) is 37.5 Å². The molecule has 0 aliphatic heterocycles. The van der Waals surface area contributed by atoms with E-state index in [1.807, 2.05) is 18.2 Å². The van der Waals surface area contributed by atoms with Gasteiger partial charge in [0.05, 0.1) is 7.11 Å². The lowest BCUT2D eigenvalue weighted by Crippen LogP contribution is -2.32. The van der Waals surface area contributed by atoms with Crippen molar-refractivity contribution in [1.29, 1.82) is 0 Å². The summed E-state index contributed by atoms with van der Waals surface area (Å²) in [6.45, 7) is 10.2. The number of hydrogen-bond donors (Lipinski definition) is 0. The molecule has 0 bridgehead atoms. The predicted molar refractivity (Wildman–Crippen MR) is 73.4 cm³/mol. The van der Waals surface area contributed by atoms with Crippen molar-refractivity contribution in [1.82, 2.24) is 4.90 Å².